The Kier molecular flexibility index (Phi) is 10.3. The molecule has 30 heavy (non-hydrogen) atoms. The molecule has 2 nitrogen and oxygen atoms in total. The SMILES string of the molecule is CC(C)(C)c1cccc(C=Nc2ccccc2Sc2ccccc2)c1O.[Cl][Ti]([Cl])[Cl]. The van der Waals surface area contributed by atoms with E-state index in [-0.39, 0.29) is 5.41 Å². The second kappa shape index (κ2) is 12.2. The van der Waals surface area contributed by atoms with Crippen LogP contribution in [0.1, 0.15) is 31.9 Å². The number of aromatic hydroxyl groups is 1. The van der Waals surface area contributed by atoms with Crippen LogP contribution in [-0.4, -0.2) is 11.3 Å². The van der Waals surface area contributed by atoms with Crippen LogP contribution in [0.4, 0.5) is 5.69 Å². The van der Waals surface area contributed by atoms with Crippen molar-refractivity contribution in [3.05, 3.63) is 83.9 Å². The van der Waals surface area contributed by atoms with Crippen molar-refractivity contribution in [2.75, 3.05) is 0 Å². The topological polar surface area (TPSA) is 32.6 Å². The van der Waals surface area contributed by atoms with E-state index in [2.05, 4.69) is 44.0 Å². The van der Waals surface area contributed by atoms with Crippen molar-refractivity contribution < 1.29 is 19.8 Å². The molecule has 0 atom stereocenters. The molecule has 7 heteroatoms. The third-order valence-corrected chi connectivity index (χ3v) is 5.13. The van der Waals surface area contributed by atoms with Gasteiger partial charge in [-0.1, -0.05) is 75.0 Å². The Balaban J connectivity index is 0.000000735. The van der Waals surface area contributed by atoms with Gasteiger partial charge in [-0.05, 0) is 41.3 Å². The van der Waals surface area contributed by atoms with Gasteiger partial charge >= 0.3 is 42.6 Å². The van der Waals surface area contributed by atoms with Crippen LogP contribution in [-0.2, 0) is 20.1 Å². The fourth-order valence-corrected chi connectivity index (χ4v) is 3.59. The van der Waals surface area contributed by atoms with E-state index in [1.165, 1.54) is 4.90 Å². The summed E-state index contributed by atoms with van der Waals surface area (Å²) in [5, 5.41) is 10.6. The molecule has 157 valence electrons. The van der Waals surface area contributed by atoms with E-state index >= 15 is 0 Å². The fourth-order valence-electron chi connectivity index (χ4n) is 2.68. The molecular formula is C23H23Cl3NOSTi. The first kappa shape index (κ1) is 25.3. The van der Waals surface area contributed by atoms with Crippen molar-refractivity contribution in [2.24, 2.45) is 4.99 Å². The van der Waals surface area contributed by atoms with Crippen LogP contribution in [0, 0.1) is 0 Å². The average molecular weight is 516 g/mol. The van der Waals surface area contributed by atoms with Crippen LogP contribution in [0.3, 0.4) is 0 Å². The molecule has 0 aliphatic rings. The number of phenols is 1. The summed E-state index contributed by atoms with van der Waals surface area (Å²) < 4.78 is 0. The maximum absolute atomic E-state index is 10.6. The number of halogens is 3. The monoisotopic (exact) mass is 514 g/mol. The van der Waals surface area contributed by atoms with Crippen LogP contribution in [0.5, 0.6) is 5.75 Å². The van der Waals surface area contributed by atoms with Gasteiger partial charge in [-0.25, -0.2) is 0 Å². The molecule has 0 amide bonds. The van der Waals surface area contributed by atoms with E-state index in [0.717, 1.165) is 21.7 Å². The van der Waals surface area contributed by atoms with Gasteiger partial charge < -0.3 is 5.11 Å². The third kappa shape index (κ3) is 8.30. The Morgan fingerprint density at radius 3 is 2.10 bits per heavy atom. The van der Waals surface area contributed by atoms with Crippen molar-refractivity contribution >= 4 is 51.6 Å². The van der Waals surface area contributed by atoms with Crippen molar-refractivity contribution in [2.45, 2.75) is 36.0 Å². The first-order valence-corrected chi connectivity index (χ1v) is 16.5. The summed E-state index contributed by atoms with van der Waals surface area (Å²) in [5.41, 5.74) is 2.43. The Morgan fingerprint density at radius 1 is 0.867 bits per heavy atom. The van der Waals surface area contributed by atoms with E-state index in [4.69, 9.17) is 27.9 Å². The summed E-state index contributed by atoms with van der Waals surface area (Å²) in [6.45, 7) is 6.28. The minimum atomic E-state index is -1.92. The molecule has 0 aromatic heterocycles. The van der Waals surface area contributed by atoms with Crippen LogP contribution in [0.2, 0.25) is 0 Å². The Labute approximate surface area is 200 Å². The van der Waals surface area contributed by atoms with E-state index < -0.39 is 14.7 Å². The Bertz CT molecular complexity index is 973. The van der Waals surface area contributed by atoms with Crippen LogP contribution < -0.4 is 0 Å². The Morgan fingerprint density at radius 2 is 1.47 bits per heavy atom. The van der Waals surface area contributed by atoms with E-state index in [0.29, 0.717) is 5.75 Å². The zero-order valence-corrected chi connectivity index (χ0v) is 21.6. The summed E-state index contributed by atoms with van der Waals surface area (Å²) in [6, 6.07) is 24.1. The number of para-hydroxylation sites is 2. The fraction of sp³-hybridized carbons (Fsp3) is 0.174. The number of phenolic OH excluding ortho intramolecular Hbond substituents is 1. The molecule has 3 rings (SSSR count). The molecule has 0 unspecified atom stereocenters. The van der Waals surface area contributed by atoms with Crippen LogP contribution in [0.25, 0.3) is 0 Å². The summed E-state index contributed by atoms with van der Waals surface area (Å²) in [7, 11) is 14.9. The van der Waals surface area contributed by atoms with Crippen molar-refractivity contribution in [1.82, 2.24) is 0 Å². The van der Waals surface area contributed by atoms with Gasteiger partial charge in [-0.2, -0.15) is 0 Å². The van der Waals surface area contributed by atoms with Crippen molar-refractivity contribution in [1.29, 1.82) is 0 Å². The van der Waals surface area contributed by atoms with Gasteiger partial charge in [0.25, 0.3) is 0 Å². The predicted molar refractivity (Wildman–Crippen MR) is 129 cm³/mol. The number of aliphatic imine (C=N–C) groups is 1. The molecular weight excluding hydrogens is 493 g/mol. The first-order valence-electron chi connectivity index (χ1n) is 9.20. The average Bonchev–Trinajstić information content (AvgIpc) is 2.68. The van der Waals surface area contributed by atoms with E-state index in [9.17, 15) is 5.11 Å². The standard InChI is InChI=1S/C23H23NOS.3ClH.Ti/c1-23(2,3)19-13-9-10-17(22(19)25)16-24-20-14-7-8-15-21(20)26-18-11-5-4-6-12-18;;;;/h4-16,25H,1-3H3;3*1H;/q;;;;+3/p-3. The summed E-state index contributed by atoms with van der Waals surface area (Å²) in [4.78, 5) is 6.91. The second-order valence-corrected chi connectivity index (χ2v) is 16.2. The van der Waals surface area contributed by atoms with E-state index in [1.54, 1.807) is 18.0 Å². The number of rotatable bonds is 4. The molecule has 0 radical (unpaired) electrons. The van der Waals surface area contributed by atoms with Crippen LogP contribution >= 0.6 is 39.7 Å². The number of hydrogen-bond donors (Lipinski definition) is 1. The second-order valence-electron chi connectivity index (χ2n) is 7.35. The quantitative estimate of drug-likeness (QED) is 0.278. The van der Waals surface area contributed by atoms with Crippen molar-refractivity contribution in [3.63, 3.8) is 0 Å². The van der Waals surface area contributed by atoms with Gasteiger partial charge in [0.2, 0.25) is 0 Å². The molecule has 0 fully saturated rings. The normalized spacial score (nSPS) is 11.1. The zero-order chi connectivity index (χ0) is 22.1. The molecule has 3 aromatic carbocycles. The molecule has 0 bridgehead atoms. The number of hydrogen-bond acceptors (Lipinski definition) is 3. The van der Waals surface area contributed by atoms with Gasteiger partial charge in [-0.3, -0.25) is 4.99 Å². The molecule has 1 N–H and O–H groups in total. The number of nitrogens with zero attached hydrogens (tertiary/aromatic N) is 1. The predicted octanol–water partition coefficient (Wildman–Crippen LogP) is 8.66. The van der Waals surface area contributed by atoms with Crippen molar-refractivity contribution in [3.8, 4) is 5.75 Å². The zero-order valence-electron chi connectivity index (χ0n) is 16.9. The molecule has 0 heterocycles. The van der Waals surface area contributed by atoms with Crippen LogP contribution in [0.15, 0.2) is 87.6 Å². The third-order valence-electron chi connectivity index (χ3n) is 4.05. The van der Waals surface area contributed by atoms with Gasteiger partial charge in [0, 0.05) is 21.6 Å². The first-order chi connectivity index (χ1) is 14.2. The summed E-state index contributed by atoms with van der Waals surface area (Å²) in [6.07, 6.45) is 1.74. The van der Waals surface area contributed by atoms with Gasteiger partial charge in [0.1, 0.15) is 5.75 Å². The molecule has 0 aliphatic carbocycles. The van der Waals surface area contributed by atoms with Gasteiger partial charge in [0.15, 0.2) is 0 Å². The van der Waals surface area contributed by atoms with E-state index in [1.807, 2.05) is 54.6 Å². The molecule has 0 saturated carbocycles. The number of benzene rings is 3. The maximum atomic E-state index is 10.6. The summed E-state index contributed by atoms with van der Waals surface area (Å²) >= 11 is -0.232. The molecule has 0 saturated heterocycles. The van der Waals surface area contributed by atoms with Gasteiger partial charge in [0.05, 0.1) is 5.69 Å². The molecule has 0 spiro atoms. The molecule has 3 aromatic rings. The summed E-state index contributed by atoms with van der Waals surface area (Å²) in [5.74, 6) is 0.303. The molecule has 0 aliphatic heterocycles. The minimum absolute atomic E-state index is 0.116. The Hall–Kier alpha value is -0.936. The van der Waals surface area contributed by atoms with Gasteiger partial charge in [-0.15, -0.1) is 0 Å².